The molecule has 0 fully saturated rings. The average molecular weight is 1590 g/mol. The number of hydrogen-bond donors (Lipinski definition) is 9. The van der Waals surface area contributed by atoms with Gasteiger partial charge in [-0.3, -0.25) is 0 Å². The number of nitrogens with two attached hydrogens (primary N) is 4. The van der Waals surface area contributed by atoms with E-state index in [2.05, 4.69) is 135 Å². The molecule has 0 atom stereocenters. The summed E-state index contributed by atoms with van der Waals surface area (Å²) < 4.78 is 40.1. The Morgan fingerprint density at radius 1 is 0.322 bits per heavy atom. The first-order valence-electron chi connectivity index (χ1n) is 36.8. The summed E-state index contributed by atoms with van der Waals surface area (Å²) >= 11 is 0. The molecule has 604 valence electrons. The largest absolute Gasteiger partial charge is 0.508 e. The second kappa shape index (κ2) is 39.9. The predicted molar refractivity (Wildman–Crippen MR) is 450 cm³/mol. The fourth-order valence-electron chi connectivity index (χ4n) is 10.7. The highest BCUT2D eigenvalue weighted by Crippen LogP contribution is 2.39. The third kappa shape index (κ3) is 23.6. The highest BCUT2D eigenvalue weighted by atomic mass is 16.5. The van der Waals surface area contributed by atoms with E-state index < -0.39 is 0 Å². The van der Waals surface area contributed by atoms with Gasteiger partial charge in [0.1, 0.15) is 126 Å². The zero-order valence-electron chi connectivity index (χ0n) is 68.3. The quantitative estimate of drug-likeness (QED) is 0.0406. The highest BCUT2D eigenvalue weighted by Gasteiger charge is 2.20. The molecule has 8 aromatic heterocycles. The van der Waals surface area contributed by atoms with Gasteiger partial charge in [-0.05, 0) is 111 Å². The number of ether oxygens (including phenoxy) is 7. The van der Waals surface area contributed by atoms with Gasteiger partial charge in [0.25, 0.3) is 0 Å². The number of aromatic hydroxyl groups is 5. The molecule has 4 aromatic carbocycles. The van der Waals surface area contributed by atoms with Crippen molar-refractivity contribution < 1.29 is 58.7 Å². The van der Waals surface area contributed by atoms with Crippen LogP contribution in [0.4, 0.5) is 29.0 Å². The number of anilines is 5. The molecule has 29 heteroatoms. The van der Waals surface area contributed by atoms with Crippen molar-refractivity contribution in [2.75, 3.05) is 63.3 Å². The van der Waals surface area contributed by atoms with Gasteiger partial charge in [-0.15, -0.1) is 0 Å². The van der Waals surface area contributed by atoms with Crippen molar-refractivity contribution >= 4 is 29.0 Å². The summed E-state index contributed by atoms with van der Waals surface area (Å²) in [6, 6.07) is 24.9. The van der Waals surface area contributed by atoms with Gasteiger partial charge in [0.05, 0.1) is 51.7 Å². The van der Waals surface area contributed by atoms with Crippen LogP contribution < -0.4 is 61.0 Å². The standard InChI is InChI=1S/C24H26N4O4.C23H25N5O.C21H20N4O4.C21H20N4O3/c1-14(2)19-12-27-16(9-22(19)32-23-13-26-15(3)28-24(23)25)7-8-18-20(30-5)10-17(29-4)11-21(18)31-6;1-15(2)20-13-26-18(9-6-17-7-10-19(11-8-17)28(4)5)12-21(20)29-22-14-25-16(3)27-23(22)24;1-11(2)16-9-24-13(4-5-15-17(27)7-14(26)8-18(15)28)6-19(16)29-20-10-23-12(3)25-21(20)22;1-12(2)17-10-24-15(6-4-14-5-7-16(26)9-18(14)27)8-19(17)28-20-11-23-13(3)25-21(20)22/h9-14H,1-6H3,(H2,25,26,28);7-8,10-15H,1-5H3,(H2,24,25,27);6-11,26-28H,1-3H3,(H2,22,23,25);5,7-12,26-27H,1-3H3,(H2,22,23,25). The molecule has 118 heavy (non-hydrogen) atoms. The Morgan fingerprint density at radius 3 is 0.949 bits per heavy atom. The number of aromatic nitrogens is 12. The van der Waals surface area contributed by atoms with E-state index >= 15 is 0 Å². The van der Waals surface area contributed by atoms with Crippen LogP contribution in [-0.4, -0.2) is 121 Å². The van der Waals surface area contributed by atoms with E-state index in [4.69, 9.17) is 56.1 Å². The molecule has 0 spiro atoms. The SMILES string of the molecule is COc1cc(OC)c(C#Cc2cc(Oc3cnc(C)nc3N)c(C(C)C)cn2)c(OC)c1.Cc1ncc(Oc2cc(C#Cc3c(O)cc(O)cc3O)ncc2C(C)C)c(N)n1.Cc1ncc(Oc2cc(C#Cc3ccc(N(C)C)cc3)ncc2C(C)C)c(N)n1.Cc1ncc(Oc2cc(C#Cc3ccc(O)cc3O)ncc2C(C)C)c(N)n1. The molecule has 8 heterocycles. The lowest BCUT2D eigenvalue weighted by Crippen LogP contribution is -2.07. The minimum absolute atomic E-state index is 0.0174. The molecule has 0 aliphatic heterocycles. The van der Waals surface area contributed by atoms with Crippen molar-refractivity contribution in [1.29, 1.82) is 0 Å². The summed E-state index contributed by atoms with van der Waals surface area (Å²) in [5.41, 5.74) is 32.4. The van der Waals surface area contributed by atoms with Gasteiger partial charge in [-0.2, -0.15) is 0 Å². The third-order valence-corrected chi connectivity index (χ3v) is 17.0. The molecule has 0 aliphatic carbocycles. The van der Waals surface area contributed by atoms with Crippen molar-refractivity contribution in [2.24, 2.45) is 0 Å². The first-order chi connectivity index (χ1) is 56.3. The number of nitrogen functional groups attached to an aromatic ring is 4. The van der Waals surface area contributed by atoms with Crippen LogP contribution in [-0.2, 0) is 0 Å². The second-order valence-corrected chi connectivity index (χ2v) is 27.5. The fourth-order valence-corrected chi connectivity index (χ4v) is 10.7. The molecule has 0 saturated carbocycles. The number of nitrogens with zero attached hydrogens (tertiary/aromatic N) is 13. The molecule has 0 radical (unpaired) electrons. The highest BCUT2D eigenvalue weighted by molar-refractivity contribution is 5.63. The molecular formula is C89H91N17O12. The Morgan fingerprint density at radius 2 is 0.644 bits per heavy atom. The summed E-state index contributed by atoms with van der Waals surface area (Å²) in [6.45, 7) is 23.3. The van der Waals surface area contributed by atoms with Crippen LogP contribution >= 0.6 is 0 Å². The number of rotatable bonds is 16. The van der Waals surface area contributed by atoms with Gasteiger partial charge in [0, 0.05) is 127 Å². The van der Waals surface area contributed by atoms with E-state index in [9.17, 15) is 25.5 Å². The molecular weight excluding hydrogens is 1500 g/mol. The average Bonchev–Trinajstić information content (AvgIpc) is 0.827. The van der Waals surface area contributed by atoms with Crippen LogP contribution in [0.1, 0.15) is 170 Å². The maximum Gasteiger partial charge on any atom is 0.187 e. The summed E-state index contributed by atoms with van der Waals surface area (Å²) in [4.78, 5) is 52.7. The topological polar surface area (TPSA) is 428 Å². The number of pyridine rings is 4. The smallest absolute Gasteiger partial charge is 0.187 e. The second-order valence-electron chi connectivity index (χ2n) is 27.5. The van der Waals surface area contributed by atoms with E-state index in [1.54, 1.807) is 117 Å². The van der Waals surface area contributed by atoms with Crippen LogP contribution in [0.2, 0.25) is 0 Å². The number of methoxy groups -OCH3 is 3. The lowest BCUT2D eigenvalue weighted by Gasteiger charge is -2.14. The summed E-state index contributed by atoms with van der Waals surface area (Å²) in [7, 11) is 8.72. The van der Waals surface area contributed by atoms with Crippen molar-refractivity contribution in [1.82, 2.24) is 59.8 Å². The molecule has 13 N–H and O–H groups in total. The third-order valence-electron chi connectivity index (χ3n) is 17.0. The van der Waals surface area contributed by atoms with E-state index in [1.165, 1.54) is 30.6 Å². The van der Waals surface area contributed by atoms with Crippen LogP contribution in [0.3, 0.4) is 0 Å². The molecule has 12 rings (SSSR count). The minimum atomic E-state index is -0.338. The Bertz CT molecular complexity index is 5850. The summed E-state index contributed by atoms with van der Waals surface area (Å²) in [6.07, 6.45) is 13.1. The molecule has 0 aliphatic rings. The predicted octanol–water partition coefficient (Wildman–Crippen LogP) is 14.9. The number of aryl methyl sites for hydroxylation is 4. The maximum absolute atomic E-state index is 9.87. The van der Waals surface area contributed by atoms with Gasteiger partial charge in [0.15, 0.2) is 46.3 Å². The zero-order valence-corrected chi connectivity index (χ0v) is 68.3. The van der Waals surface area contributed by atoms with E-state index in [-0.39, 0.29) is 75.4 Å². The summed E-state index contributed by atoms with van der Waals surface area (Å²) in [5, 5.41) is 48.3. The van der Waals surface area contributed by atoms with E-state index in [0.29, 0.717) is 126 Å². The van der Waals surface area contributed by atoms with Crippen LogP contribution in [0, 0.1) is 75.1 Å². The lowest BCUT2D eigenvalue weighted by atomic mass is 10.0. The van der Waals surface area contributed by atoms with Crippen molar-refractivity contribution in [2.45, 2.75) is 107 Å². The lowest BCUT2D eigenvalue weighted by molar-refractivity contribution is 0.374. The van der Waals surface area contributed by atoms with Gasteiger partial charge >= 0.3 is 0 Å². The molecule has 0 saturated heterocycles. The number of benzene rings is 4. The molecule has 0 bridgehead atoms. The monoisotopic (exact) mass is 1590 g/mol. The number of phenols is 5. The van der Waals surface area contributed by atoms with Crippen LogP contribution in [0.25, 0.3) is 0 Å². The Hall–Kier alpha value is -15.4. The van der Waals surface area contributed by atoms with Crippen molar-refractivity contribution in [3.05, 3.63) is 231 Å². The van der Waals surface area contributed by atoms with Crippen LogP contribution in [0.5, 0.6) is 92.0 Å². The Balaban J connectivity index is 0.000000180. The maximum atomic E-state index is 9.87. The number of phenolic OH excluding ortho intramolecular Hbond substituents is 5. The summed E-state index contributed by atoms with van der Waals surface area (Å²) in [5.74, 6) is 31.9. The zero-order chi connectivity index (χ0) is 85.6. The number of hydrogen-bond acceptors (Lipinski definition) is 29. The van der Waals surface area contributed by atoms with Gasteiger partial charge in [0.2, 0.25) is 0 Å². The molecule has 12 aromatic rings. The van der Waals surface area contributed by atoms with E-state index in [0.717, 1.165) is 45.6 Å². The fraction of sp³-hybridized carbons (Fsp3) is 0.236. The Kier molecular flexibility index (Phi) is 29.3. The van der Waals surface area contributed by atoms with E-state index in [1.807, 2.05) is 77.0 Å². The first kappa shape index (κ1) is 86.6. The van der Waals surface area contributed by atoms with Crippen LogP contribution in [0.15, 0.2) is 141 Å². The molecule has 0 amide bonds. The molecule has 0 unspecified atom stereocenters. The Labute approximate surface area is 684 Å². The first-order valence-corrected chi connectivity index (χ1v) is 36.8. The van der Waals surface area contributed by atoms with Crippen molar-refractivity contribution in [3.63, 3.8) is 0 Å². The van der Waals surface area contributed by atoms with Crippen molar-refractivity contribution in [3.8, 4) is 139 Å². The molecule has 29 nitrogen and oxygen atoms in total. The normalized spacial score (nSPS) is 10.4. The minimum Gasteiger partial charge on any atom is -0.508 e. The van der Waals surface area contributed by atoms with Gasteiger partial charge < -0.3 is 86.5 Å². The van der Waals surface area contributed by atoms with Gasteiger partial charge in [-0.1, -0.05) is 79.1 Å². The van der Waals surface area contributed by atoms with Gasteiger partial charge in [-0.25, -0.2) is 59.8 Å².